The Bertz CT molecular complexity index is 1000. The monoisotopic (exact) mass is 385 g/mol. The first-order valence-electron chi connectivity index (χ1n) is 9.75. The van der Waals surface area contributed by atoms with Gasteiger partial charge in [0.15, 0.2) is 0 Å². The van der Waals surface area contributed by atoms with Gasteiger partial charge in [-0.05, 0) is 41.3 Å². The van der Waals surface area contributed by atoms with Gasteiger partial charge >= 0.3 is 6.03 Å². The molecule has 0 saturated heterocycles. The number of nitrogens with zero attached hydrogens (tertiary/aromatic N) is 1. The molecule has 1 aliphatic heterocycles. The second-order valence-corrected chi connectivity index (χ2v) is 7.06. The van der Waals surface area contributed by atoms with E-state index >= 15 is 0 Å². The summed E-state index contributed by atoms with van der Waals surface area (Å²) >= 11 is 0. The molecule has 0 atom stereocenters. The predicted molar refractivity (Wildman–Crippen MR) is 114 cm³/mol. The topological polar surface area (TPSA) is 61.4 Å². The van der Waals surface area contributed by atoms with Crippen molar-refractivity contribution in [1.82, 2.24) is 10.6 Å². The average Bonchev–Trinajstić information content (AvgIpc) is 3.20. The van der Waals surface area contributed by atoms with E-state index in [0.29, 0.717) is 25.2 Å². The number of benzene rings is 3. The van der Waals surface area contributed by atoms with Gasteiger partial charge in [-0.15, -0.1) is 0 Å². The lowest BCUT2D eigenvalue weighted by molar-refractivity contribution is 0.0989. The zero-order chi connectivity index (χ0) is 20.1. The predicted octanol–water partition coefficient (Wildman–Crippen LogP) is 3.89. The summed E-state index contributed by atoms with van der Waals surface area (Å²) < 4.78 is 0. The van der Waals surface area contributed by atoms with Crippen LogP contribution in [0.3, 0.4) is 0 Å². The summed E-state index contributed by atoms with van der Waals surface area (Å²) in [5, 5.41) is 5.74. The highest BCUT2D eigenvalue weighted by Crippen LogP contribution is 2.30. The second kappa shape index (κ2) is 8.61. The molecule has 1 heterocycles. The maximum atomic E-state index is 12.9. The summed E-state index contributed by atoms with van der Waals surface area (Å²) in [7, 11) is 0. The van der Waals surface area contributed by atoms with Crippen molar-refractivity contribution in [3.05, 3.63) is 101 Å². The number of carbonyl (C=O) groups is 2. The third-order valence-corrected chi connectivity index (χ3v) is 5.06. The van der Waals surface area contributed by atoms with Crippen LogP contribution in [0, 0.1) is 0 Å². The summed E-state index contributed by atoms with van der Waals surface area (Å²) in [5.74, 6) is 0.00932. The van der Waals surface area contributed by atoms with E-state index in [9.17, 15) is 9.59 Å². The quantitative estimate of drug-likeness (QED) is 0.700. The lowest BCUT2D eigenvalue weighted by Crippen LogP contribution is -2.34. The normalized spacial score (nSPS) is 12.3. The summed E-state index contributed by atoms with van der Waals surface area (Å²) in [6.07, 6.45) is 0.846. The van der Waals surface area contributed by atoms with Crippen molar-refractivity contribution < 1.29 is 9.59 Å². The Balaban J connectivity index is 1.38. The van der Waals surface area contributed by atoms with Crippen LogP contribution in [0.2, 0.25) is 0 Å². The van der Waals surface area contributed by atoms with Crippen molar-refractivity contribution in [2.45, 2.75) is 19.5 Å². The first kappa shape index (κ1) is 18.7. The molecule has 146 valence electrons. The molecule has 0 saturated carbocycles. The van der Waals surface area contributed by atoms with Crippen LogP contribution >= 0.6 is 0 Å². The maximum absolute atomic E-state index is 12.9. The molecule has 0 unspecified atom stereocenters. The van der Waals surface area contributed by atoms with E-state index in [0.717, 1.165) is 28.8 Å². The minimum Gasteiger partial charge on any atom is -0.334 e. The van der Waals surface area contributed by atoms with E-state index in [-0.39, 0.29) is 11.9 Å². The first-order valence-corrected chi connectivity index (χ1v) is 9.75. The van der Waals surface area contributed by atoms with Gasteiger partial charge in [0.1, 0.15) is 0 Å². The first-order chi connectivity index (χ1) is 14.2. The number of amides is 3. The van der Waals surface area contributed by atoms with Crippen LogP contribution in [0.25, 0.3) is 0 Å². The molecule has 0 aromatic heterocycles. The van der Waals surface area contributed by atoms with Crippen molar-refractivity contribution in [1.29, 1.82) is 0 Å². The number of hydrogen-bond acceptors (Lipinski definition) is 2. The third-order valence-electron chi connectivity index (χ3n) is 5.06. The molecule has 0 fully saturated rings. The Labute approximate surface area is 170 Å². The molecule has 3 aromatic rings. The van der Waals surface area contributed by atoms with Crippen LogP contribution in [0.1, 0.15) is 27.0 Å². The number of urea groups is 1. The molecule has 5 nitrogen and oxygen atoms in total. The molecule has 3 amide bonds. The van der Waals surface area contributed by atoms with Gasteiger partial charge in [0.25, 0.3) is 5.91 Å². The highest BCUT2D eigenvalue weighted by Gasteiger charge is 2.25. The van der Waals surface area contributed by atoms with Crippen molar-refractivity contribution in [2.24, 2.45) is 0 Å². The average molecular weight is 385 g/mol. The zero-order valence-corrected chi connectivity index (χ0v) is 16.1. The fourth-order valence-electron chi connectivity index (χ4n) is 3.51. The van der Waals surface area contributed by atoms with Crippen molar-refractivity contribution in [3.63, 3.8) is 0 Å². The third kappa shape index (κ3) is 4.46. The largest absolute Gasteiger partial charge is 0.334 e. The molecular weight excluding hydrogens is 362 g/mol. The summed E-state index contributed by atoms with van der Waals surface area (Å²) in [5.41, 5.74) is 4.79. The van der Waals surface area contributed by atoms with Gasteiger partial charge in [-0.1, -0.05) is 60.7 Å². The van der Waals surface area contributed by atoms with E-state index in [1.54, 1.807) is 0 Å². The van der Waals surface area contributed by atoms with Crippen molar-refractivity contribution in [3.8, 4) is 0 Å². The van der Waals surface area contributed by atoms with Gasteiger partial charge in [-0.3, -0.25) is 4.79 Å². The summed E-state index contributed by atoms with van der Waals surface area (Å²) in [6.45, 7) is 1.56. The number of nitrogens with one attached hydrogen (secondary N) is 2. The molecule has 4 rings (SSSR count). The van der Waals surface area contributed by atoms with E-state index in [2.05, 4.69) is 10.6 Å². The molecule has 29 heavy (non-hydrogen) atoms. The van der Waals surface area contributed by atoms with Crippen molar-refractivity contribution >= 4 is 17.6 Å². The van der Waals surface area contributed by atoms with E-state index in [1.165, 1.54) is 0 Å². The molecule has 0 bridgehead atoms. The fourth-order valence-corrected chi connectivity index (χ4v) is 3.51. The van der Waals surface area contributed by atoms with Crippen molar-refractivity contribution in [2.75, 3.05) is 11.4 Å². The fraction of sp³-hybridized carbons (Fsp3) is 0.167. The molecular formula is C24H23N3O2. The Morgan fingerprint density at radius 1 is 0.793 bits per heavy atom. The smallest absolute Gasteiger partial charge is 0.315 e. The Morgan fingerprint density at radius 2 is 1.45 bits per heavy atom. The number of carbonyl (C=O) groups excluding carboxylic acids is 2. The van der Waals surface area contributed by atoms with Crippen LogP contribution in [0.5, 0.6) is 0 Å². The summed E-state index contributed by atoms with van der Waals surface area (Å²) in [6, 6.07) is 24.9. The van der Waals surface area contributed by atoms with Gasteiger partial charge in [-0.2, -0.15) is 0 Å². The molecule has 1 aliphatic rings. The molecule has 0 aliphatic carbocycles. The minimum absolute atomic E-state index is 0.00932. The van der Waals surface area contributed by atoms with E-state index < -0.39 is 0 Å². The Hall–Kier alpha value is -3.60. The highest BCUT2D eigenvalue weighted by atomic mass is 16.2. The molecule has 0 spiro atoms. The maximum Gasteiger partial charge on any atom is 0.315 e. The lowest BCUT2D eigenvalue weighted by atomic mass is 10.1. The number of anilines is 1. The van der Waals surface area contributed by atoms with Crippen LogP contribution in [-0.4, -0.2) is 18.5 Å². The number of rotatable bonds is 5. The van der Waals surface area contributed by atoms with E-state index in [4.69, 9.17) is 0 Å². The van der Waals surface area contributed by atoms with Gasteiger partial charge < -0.3 is 15.5 Å². The zero-order valence-electron chi connectivity index (χ0n) is 16.1. The standard InChI is InChI=1S/C24H23N3O2/c28-23(21-9-5-2-6-10-21)27-14-13-20-12-11-19(15-22(20)27)17-26-24(29)25-16-18-7-3-1-4-8-18/h1-12,15H,13-14,16-17H2,(H2,25,26,29). The highest BCUT2D eigenvalue weighted by molar-refractivity contribution is 6.07. The van der Waals surface area contributed by atoms with Gasteiger partial charge in [0.05, 0.1) is 0 Å². The molecule has 2 N–H and O–H groups in total. The van der Waals surface area contributed by atoms with Crippen LogP contribution < -0.4 is 15.5 Å². The van der Waals surface area contributed by atoms with Crippen LogP contribution in [0.4, 0.5) is 10.5 Å². The molecule has 0 radical (unpaired) electrons. The lowest BCUT2D eigenvalue weighted by Gasteiger charge is -2.18. The molecule has 5 heteroatoms. The number of hydrogen-bond donors (Lipinski definition) is 2. The Kier molecular flexibility index (Phi) is 5.56. The van der Waals surface area contributed by atoms with Gasteiger partial charge in [-0.25, -0.2) is 4.79 Å². The van der Waals surface area contributed by atoms with Gasteiger partial charge in [0.2, 0.25) is 0 Å². The van der Waals surface area contributed by atoms with Crippen LogP contribution in [-0.2, 0) is 19.5 Å². The van der Waals surface area contributed by atoms with E-state index in [1.807, 2.05) is 83.8 Å². The van der Waals surface area contributed by atoms with Gasteiger partial charge in [0, 0.05) is 30.9 Å². The summed E-state index contributed by atoms with van der Waals surface area (Å²) in [4.78, 5) is 26.8. The minimum atomic E-state index is -0.216. The Morgan fingerprint density at radius 3 is 2.17 bits per heavy atom. The van der Waals surface area contributed by atoms with Crippen LogP contribution in [0.15, 0.2) is 78.9 Å². The molecule has 3 aromatic carbocycles. The SMILES string of the molecule is O=C(NCc1ccccc1)NCc1ccc2c(c1)N(C(=O)c1ccccc1)CC2. The second-order valence-electron chi connectivity index (χ2n) is 7.06. The number of fused-ring (bicyclic) bond motifs is 1.